The van der Waals surface area contributed by atoms with Gasteiger partial charge in [0.15, 0.2) is 0 Å². The van der Waals surface area contributed by atoms with E-state index in [1.54, 1.807) is 6.20 Å². The predicted molar refractivity (Wildman–Crippen MR) is 79.4 cm³/mol. The number of anilines is 1. The monoisotopic (exact) mass is 272 g/mol. The smallest absolute Gasteiger partial charge is 0.244 e. The van der Waals surface area contributed by atoms with E-state index in [4.69, 9.17) is 0 Å². The zero-order chi connectivity index (χ0) is 14.4. The minimum atomic E-state index is -0.0463. The van der Waals surface area contributed by atoms with E-state index >= 15 is 0 Å². The number of carbonyl (C=O) groups excluding carboxylic acids is 1. The molecule has 0 spiro atoms. The van der Waals surface area contributed by atoms with Crippen LogP contribution in [0.25, 0.3) is 0 Å². The SMILES string of the molecule is CCNCc1nccn1CC(=O)Nc1ccccc1C. The lowest BCUT2D eigenvalue weighted by Gasteiger charge is -2.10. The second-order valence-electron chi connectivity index (χ2n) is 4.61. The zero-order valence-corrected chi connectivity index (χ0v) is 11.9. The van der Waals surface area contributed by atoms with E-state index in [-0.39, 0.29) is 12.5 Å². The van der Waals surface area contributed by atoms with Crippen molar-refractivity contribution in [2.24, 2.45) is 0 Å². The predicted octanol–water partition coefficient (Wildman–Crippen LogP) is 1.94. The van der Waals surface area contributed by atoms with Crippen molar-refractivity contribution in [3.63, 3.8) is 0 Å². The zero-order valence-electron chi connectivity index (χ0n) is 11.9. The molecule has 0 saturated carbocycles. The summed E-state index contributed by atoms with van der Waals surface area (Å²) in [4.78, 5) is 16.3. The Bertz CT molecular complexity index is 577. The van der Waals surface area contributed by atoms with Gasteiger partial charge >= 0.3 is 0 Å². The Kier molecular flexibility index (Phi) is 4.90. The first-order valence-corrected chi connectivity index (χ1v) is 6.77. The number of aryl methyl sites for hydroxylation is 1. The Hall–Kier alpha value is -2.14. The summed E-state index contributed by atoms with van der Waals surface area (Å²) in [5, 5.41) is 6.13. The summed E-state index contributed by atoms with van der Waals surface area (Å²) in [5.74, 6) is 0.821. The largest absolute Gasteiger partial charge is 0.324 e. The summed E-state index contributed by atoms with van der Waals surface area (Å²) in [6.45, 7) is 5.83. The molecule has 0 aliphatic rings. The molecular formula is C15H20N4O. The molecule has 20 heavy (non-hydrogen) atoms. The Morgan fingerprint density at radius 1 is 1.35 bits per heavy atom. The Balaban J connectivity index is 1.98. The van der Waals surface area contributed by atoms with Gasteiger partial charge in [0.2, 0.25) is 5.91 Å². The molecular weight excluding hydrogens is 252 g/mol. The van der Waals surface area contributed by atoms with Crippen LogP contribution >= 0.6 is 0 Å². The lowest BCUT2D eigenvalue weighted by atomic mass is 10.2. The third-order valence-electron chi connectivity index (χ3n) is 3.07. The highest BCUT2D eigenvalue weighted by Crippen LogP contribution is 2.13. The average molecular weight is 272 g/mol. The summed E-state index contributed by atoms with van der Waals surface area (Å²) in [5.41, 5.74) is 1.91. The molecule has 2 aromatic rings. The molecule has 5 nitrogen and oxygen atoms in total. The average Bonchev–Trinajstić information content (AvgIpc) is 2.86. The standard InChI is InChI=1S/C15H20N4O/c1-3-16-10-14-17-8-9-19(14)11-15(20)18-13-7-5-4-6-12(13)2/h4-9,16H,3,10-11H2,1-2H3,(H,18,20). The van der Waals surface area contributed by atoms with Crippen molar-refractivity contribution in [2.45, 2.75) is 26.9 Å². The molecule has 1 aromatic heterocycles. The van der Waals surface area contributed by atoms with E-state index in [0.29, 0.717) is 6.54 Å². The summed E-state index contributed by atoms with van der Waals surface area (Å²) in [7, 11) is 0. The van der Waals surface area contributed by atoms with Crippen molar-refractivity contribution in [1.29, 1.82) is 0 Å². The molecule has 0 unspecified atom stereocenters. The highest BCUT2D eigenvalue weighted by molar-refractivity contribution is 5.91. The first-order chi connectivity index (χ1) is 9.70. The lowest BCUT2D eigenvalue weighted by Crippen LogP contribution is -2.22. The molecule has 0 atom stereocenters. The van der Waals surface area contributed by atoms with Gasteiger partial charge in [-0.15, -0.1) is 0 Å². The number of nitrogens with one attached hydrogen (secondary N) is 2. The van der Waals surface area contributed by atoms with Crippen molar-refractivity contribution in [3.05, 3.63) is 48.0 Å². The van der Waals surface area contributed by atoms with Gasteiger partial charge in [0.1, 0.15) is 12.4 Å². The van der Waals surface area contributed by atoms with Gasteiger partial charge in [0, 0.05) is 18.1 Å². The Morgan fingerprint density at radius 2 is 2.15 bits per heavy atom. The van der Waals surface area contributed by atoms with Gasteiger partial charge in [0.25, 0.3) is 0 Å². The number of benzene rings is 1. The fourth-order valence-electron chi connectivity index (χ4n) is 1.95. The quantitative estimate of drug-likeness (QED) is 0.845. The second kappa shape index (κ2) is 6.86. The van der Waals surface area contributed by atoms with Crippen LogP contribution in [0.2, 0.25) is 0 Å². The molecule has 1 heterocycles. The molecule has 106 valence electrons. The molecule has 0 aliphatic carbocycles. The van der Waals surface area contributed by atoms with Crippen LogP contribution in [0.5, 0.6) is 0 Å². The molecule has 2 N–H and O–H groups in total. The molecule has 2 rings (SSSR count). The van der Waals surface area contributed by atoms with Gasteiger partial charge in [-0.3, -0.25) is 4.79 Å². The van der Waals surface area contributed by atoms with Crippen molar-refractivity contribution in [2.75, 3.05) is 11.9 Å². The van der Waals surface area contributed by atoms with Gasteiger partial charge in [-0.2, -0.15) is 0 Å². The van der Waals surface area contributed by atoms with E-state index in [2.05, 4.69) is 15.6 Å². The third kappa shape index (κ3) is 3.68. The second-order valence-corrected chi connectivity index (χ2v) is 4.61. The highest BCUT2D eigenvalue weighted by Gasteiger charge is 2.08. The number of aromatic nitrogens is 2. The fourth-order valence-corrected chi connectivity index (χ4v) is 1.95. The van der Waals surface area contributed by atoms with Crippen molar-refractivity contribution >= 4 is 11.6 Å². The van der Waals surface area contributed by atoms with Crippen LogP contribution in [-0.2, 0) is 17.9 Å². The summed E-state index contributed by atoms with van der Waals surface area (Å²) in [6.07, 6.45) is 3.54. The van der Waals surface area contributed by atoms with Crippen molar-refractivity contribution in [1.82, 2.24) is 14.9 Å². The third-order valence-corrected chi connectivity index (χ3v) is 3.07. The minimum absolute atomic E-state index is 0.0463. The van der Waals surface area contributed by atoms with E-state index in [0.717, 1.165) is 23.6 Å². The molecule has 5 heteroatoms. The fraction of sp³-hybridized carbons (Fsp3) is 0.333. The maximum absolute atomic E-state index is 12.1. The van der Waals surface area contributed by atoms with Crippen LogP contribution in [-0.4, -0.2) is 22.0 Å². The van der Waals surface area contributed by atoms with Crippen LogP contribution < -0.4 is 10.6 Å². The molecule has 0 fully saturated rings. The Labute approximate surface area is 119 Å². The van der Waals surface area contributed by atoms with Crippen molar-refractivity contribution < 1.29 is 4.79 Å². The lowest BCUT2D eigenvalue weighted by molar-refractivity contribution is -0.116. The molecule has 1 amide bonds. The number of hydrogen-bond donors (Lipinski definition) is 2. The molecule has 1 aromatic carbocycles. The minimum Gasteiger partial charge on any atom is -0.324 e. The number of imidazole rings is 1. The topological polar surface area (TPSA) is 59.0 Å². The summed E-state index contributed by atoms with van der Waals surface area (Å²) < 4.78 is 1.86. The van der Waals surface area contributed by atoms with E-state index in [1.807, 2.05) is 48.9 Å². The number of hydrogen-bond acceptors (Lipinski definition) is 3. The van der Waals surface area contributed by atoms with Gasteiger partial charge in [0.05, 0.1) is 6.54 Å². The Morgan fingerprint density at radius 3 is 2.90 bits per heavy atom. The molecule has 0 radical (unpaired) electrons. The number of amides is 1. The maximum Gasteiger partial charge on any atom is 0.244 e. The first-order valence-electron chi connectivity index (χ1n) is 6.77. The maximum atomic E-state index is 12.1. The van der Waals surface area contributed by atoms with Crippen LogP contribution in [0.1, 0.15) is 18.3 Å². The normalized spacial score (nSPS) is 10.5. The number of nitrogens with zero attached hydrogens (tertiary/aromatic N) is 2. The van der Waals surface area contributed by atoms with E-state index < -0.39 is 0 Å². The highest BCUT2D eigenvalue weighted by atomic mass is 16.1. The van der Waals surface area contributed by atoms with Gasteiger partial charge < -0.3 is 15.2 Å². The number of rotatable bonds is 6. The first kappa shape index (κ1) is 14.3. The molecule has 0 bridgehead atoms. The van der Waals surface area contributed by atoms with Crippen LogP contribution in [0, 0.1) is 6.92 Å². The molecule has 0 aliphatic heterocycles. The summed E-state index contributed by atoms with van der Waals surface area (Å²) >= 11 is 0. The number of para-hydroxylation sites is 1. The van der Waals surface area contributed by atoms with Crippen molar-refractivity contribution in [3.8, 4) is 0 Å². The van der Waals surface area contributed by atoms with Crippen LogP contribution in [0.4, 0.5) is 5.69 Å². The van der Waals surface area contributed by atoms with E-state index in [9.17, 15) is 4.79 Å². The summed E-state index contributed by atoms with van der Waals surface area (Å²) in [6, 6.07) is 7.75. The van der Waals surface area contributed by atoms with Gasteiger partial charge in [-0.1, -0.05) is 25.1 Å². The molecule has 0 saturated heterocycles. The van der Waals surface area contributed by atoms with Gasteiger partial charge in [-0.05, 0) is 25.1 Å². The van der Waals surface area contributed by atoms with Gasteiger partial charge in [-0.25, -0.2) is 4.98 Å². The van der Waals surface area contributed by atoms with Crippen LogP contribution in [0.3, 0.4) is 0 Å². The van der Waals surface area contributed by atoms with Crippen LogP contribution in [0.15, 0.2) is 36.7 Å². The van der Waals surface area contributed by atoms with E-state index in [1.165, 1.54) is 0 Å². The number of carbonyl (C=O) groups is 1.